The Morgan fingerprint density at radius 1 is 1.20 bits per heavy atom. The predicted octanol–water partition coefficient (Wildman–Crippen LogP) is 1.73. The van der Waals surface area contributed by atoms with E-state index in [1.807, 2.05) is 26.0 Å². The van der Waals surface area contributed by atoms with Crippen LogP contribution in [0.2, 0.25) is 0 Å². The smallest absolute Gasteiger partial charge is 0.0381 e. The molecule has 0 bridgehead atoms. The van der Waals surface area contributed by atoms with Crippen molar-refractivity contribution in [3.63, 3.8) is 0 Å². The summed E-state index contributed by atoms with van der Waals surface area (Å²) in [5, 5.41) is 7.51. The highest BCUT2D eigenvalue weighted by Crippen LogP contribution is 2.10. The predicted molar refractivity (Wildman–Crippen MR) is 65.4 cm³/mol. The van der Waals surface area contributed by atoms with Gasteiger partial charge < -0.3 is 15.2 Å². The minimum atomic E-state index is 0.613. The van der Waals surface area contributed by atoms with Crippen LogP contribution < -0.4 is 0 Å². The third kappa shape index (κ3) is 3.88. The summed E-state index contributed by atoms with van der Waals surface area (Å²) < 4.78 is 0. The maximum absolute atomic E-state index is 7.51. The van der Waals surface area contributed by atoms with Gasteiger partial charge in [-0.05, 0) is 33.0 Å². The second-order valence-electron chi connectivity index (χ2n) is 4.04. The Balaban J connectivity index is 2.68. The van der Waals surface area contributed by atoms with E-state index in [0.29, 0.717) is 5.71 Å². The number of rotatable bonds is 3. The van der Waals surface area contributed by atoms with Crippen LogP contribution in [0, 0.1) is 5.41 Å². The maximum Gasteiger partial charge on any atom is 0.0381 e. The number of hydrogen-bond donors (Lipinski definition) is 1. The summed E-state index contributed by atoms with van der Waals surface area (Å²) in [5.41, 5.74) is 1.78. The Labute approximate surface area is 92.6 Å². The zero-order valence-electron chi connectivity index (χ0n) is 9.95. The first-order valence-electron chi connectivity index (χ1n) is 5.46. The maximum atomic E-state index is 7.51. The van der Waals surface area contributed by atoms with Gasteiger partial charge in [-0.2, -0.15) is 0 Å². The molecule has 0 unspecified atom stereocenters. The fourth-order valence-electron chi connectivity index (χ4n) is 1.70. The van der Waals surface area contributed by atoms with Crippen LogP contribution in [0.3, 0.4) is 0 Å². The number of piperazine rings is 1. The fourth-order valence-corrected chi connectivity index (χ4v) is 1.70. The molecule has 1 fully saturated rings. The Morgan fingerprint density at radius 3 is 2.27 bits per heavy atom. The van der Waals surface area contributed by atoms with E-state index < -0.39 is 0 Å². The van der Waals surface area contributed by atoms with E-state index in [1.54, 1.807) is 0 Å². The highest BCUT2D eigenvalue weighted by atomic mass is 15.2. The quantitative estimate of drug-likeness (QED) is 0.564. The van der Waals surface area contributed by atoms with Gasteiger partial charge in [0.1, 0.15) is 0 Å². The second kappa shape index (κ2) is 5.71. The number of hydrogen-bond acceptors (Lipinski definition) is 3. The van der Waals surface area contributed by atoms with Crippen LogP contribution >= 0.6 is 0 Å². The van der Waals surface area contributed by atoms with E-state index in [-0.39, 0.29) is 0 Å². The first-order valence-corrected chi connectivity index (χ1v) is 5.46. The lowest BCUT2D eigenvalue weighted by atomic mass is 10.2. The van der Waals surface area contributed by atoms with E-state index in [2.05, 4.69) is 22.9 Å². The van der Waals surface area contributed by atoms with Crippen molar-refractivity contribution in [1.82, 2.24) is 9.80 Å². The highest BCUT2D eigenvalue weighted by molar-refractivity contribution is 5.90. The molecule has 0 aromatic carbocycles. The molecular formula is C12H21N3. The lowest BCUT2D eigenvalue weighted by Crippen LogP contribution is -2.43. The molecule has 0 aromatic rings. The molecule has 1 aliphatic heterocycles. The van der Waals surface area contributed by atoms with Crippen molar-refractivity contribution < 1.29 is 0 Å². The van der Waals surface area contributed by atoms with Gasteiger partial charge in [0.05, 0.1) is 0 Å². The van der Waals surface area contributed by atoms with Gasteiger partial charge in [-0.1, -0.05) is 6.08 Å². The largest absolute Gasteiger partial charge is 0.369 e. The molecule has 0 amide bonds. The Kier molecular flexibility index (Phi) is 4.56. The topological polar surface area (TPSA) is 30.3 Å². The third-order valence-electron chi connectivity index (χ3n) is 2.57. The SMILES string of the molecule is C/C=C\C(=C/C(C)=N)N1CCN(C)CC1. The normalized spacial score (nSPS) is 19.9. The van der Waals surface area contributed by atoms with Gasteiger partial charge in [0, 0.05) is 37.6 Å². The molecule has 0 aliphatic carbocycles. The van der Waals surface area contributed by atoms with Crippen LogP contribution in [0.25, 0.3) is 0 Å². The lowest BCUT2D eigenvalue weighted by Gasteiger charge is -2.34. The van der Waals surface area contributed by atoms with Gasteiger partial charge in [-0.3, -0.25) is 0 Å². The first kappa shape index (κ1) is 12.0. The monoisotopic (exact) mass is 207 g/mol. The molecule has 0 spiro atoms. The minimum Gasteiger partial charge on any atom is -0.369 e. The van der Waals surface area contributed by atoms with Crippen molar-refractivity contribution in [2.75, 3.05) is 33.2 Å². The zero-order valence-corrected chi connectivity index (χ0v) is 9.95. The molecule has 1 saturated heterocycles. The summed E-state index contributed by atoms with van der Waals surface area (Å²) in [6.45, 7) is 8.15. The van der Waals surface area contributed by atoms with Gasteiger partial charge >= 0.3 is 0 Å². The number of nitrogens with one attached hydrogen (secondary N) is 1. The van der Waals surface area contributed by atoms with E-state index in [0.717, 1.165) is 31.9 Å². The molecule has 1 N–H and O–H groups in total. The van der Waals surface area contributed by atoms with E-state index >= 15 is 0 Å². The summed E-state index contributed by atoms with van der Waals surface area (Å²) in [5.74, 6) is 0. The first-order chi connectivity index (χ1) is 7.13. The van der Waals surface area contributed by atoms with Crippen LogP contribution in [0.1, 0.15) is 13.8 Å². The summed E-state index contributed by atoms with van der Waals surface area (Å²) in [6.07, 6.45) is 6.06. The molecule has 1 aliphatic rings. The number of likely N-dealkylation sites (N-methyl/N-ethyl adjacent to an activating group) is 1. The van der Waals surface area contributed by atoms with Gasteiger partial charge in [0.15, 0.2) is 0 Å². The summed E-state index contributed by atoms with van der Waals surface area (Å²) in [7, 11) is 2.15. The van der Waals surface area contributed by atoms with E-state index in [4.69, 9.17) is 5.41 Å². The van der Waals surface area contributed by atoms with Crippen molar-refractivity contribution in [1.29, 1.82) is 5.41 Å². The summed E-state index contributed by atoms with van der Waals surface area (Å²) in [4.78, 5) is 4.68. The number of nitrogens with zero attached hydrogens (tertiary/aromatic N) is 2. The standard InChI is InChI=1S/C12H21N3/c1-4-5-12(10-11(2)13)15-8-6-14(3)7-9-15/h4-5,10,13H,6-9H2,1-3H3/b5-4-,12-10+,13-11?. The molecule has 0 radical (unpaired) electrons. The average molecular weight is 207 g/mol. The zero-order chi connectivity index (χ0) is 11.3. The Bertz CT molecular complexity index is 271. The average Bonchev–Trinajstić information content (AvgIpc) is 2.17. The second-order valence-corrected chi connectivity index (χ2v) is 4.04. The molecule has 3 heteroatoms. The molecular weight excluding hydrogens is 186 g/mol. The van der Waals surface area contributed by atoms with Gasteiger partial charge in [-0.25, -0.2) is 0 Å². The molecule has 1 rings (SSSR count). The van der Waals surface area contributed by atoms with Crippen LogP contribution in [0.15, 0.2) is 23.9 Å². The van der Waals surface area contributed by atoms with Crippen molar-refractivity contribution in [2.24, 2.45) is 0 Å². The van der Waals surface area contributed by atoms with Crippen LogP contribution in [0.4, 0.5) is 0 Å². The van der Waals surface area contributed by atoms with Crippen molar-refractivity contribution in [3.8, 4) is 0 Å². The Morgan fingerprint density at radius 2 is 1.80 bits per heavy atom. The highest BCUT2D eigenvalue weighted by Gasteiger charge is 2.14. The molecule has 1 heterocycles. The van der Waals surface area contributed by atoms with Gasteiger partial charge in [0.25, 0.3) is 0 Å². The minimum absolute atomic E-state index is 0.613. The van der Waals surface area contributed by atoms with Crippen molar-refractivity contribution >= 4 is 5.71 Å². The van der Waals surface area contributed by atoms with Gasteiger partial charge in [0.2, 0.25) is 0 Å². The molecule has 0 aromatic heterocycles. The fraction of sp³-hybridized carbons (Fsp3) is 0.583. The lowest BCUT2D eigenvalue weighted by molar-refractivity contribution is 0.190. The van der Waals surface area contributed by atoms with Crippen LogP contribution in [-0.4, -0.2) is 48.7 Å². The van der Waals surface area contributed by atoms with Crippen LogP contribution in [-0.2, 0) is 0 Å². The molecule has 15 heavy (non-hydrogen) atoms. The molecule has 84 valence electrons. The van der Waals surface area contributed by atoms with E-state index in [9.17, 15) is 0 Å². The van der Waals surface area contributed by atoms with Crippen molar-refractivity contribution in [3.05, 3.63) is 23.9 Å². The van der Waals surface area contributed by atoms with E-state index in [1.165, 1.54) is 0 Å². The summed E-state index contributed by atoms with van der Waals surface area (Å²) >= 11 is 0. The van der Waals surface area contributed by atoms with Crippen molar-refractivity contribution in [2.45, 2.75) is 13.8 Å². The van der Waals surface area contributed by atoms with Gasteiger partial charge in [-0.15, -0.1) is 0 Å². The molecule has 0 saturated carbocycles. The Hall–Kier alpha value is -1.09. The summed E-state index contributed by atoms with van der Waals surface area (Å²) in [6, 6.07) is 0. The molecule has 3 nitrogen and oxygen atoms in total. The molecule has 0 atom stereocenters. The third-order valence-corrected chi connectivity index (χ3v) is 2.57. The number of allylic oxidation sites excluding steroid dienone is 3. The van der Waals surface area contributed by atoms with Crippen LogP contribution in [0.5, 0.6) is 0 Å².